The van der Waals surface area contributed by atoms with E-state index in [1.165, 1.54) is 5.56 Å². The van der Waals surface area contributed by atoms with E-state index < -0.39 is 0 Å². The first-order chi connectivity index (χ1) is 8.88. The van der Waals surface area contributed by atoms with Gasteiger partial charge in [-0.1, -0.05) is 6.07 Å². The van der Waals surface area contributed by atoms with Crippen LogP contribution >= 0.6 is 0 Å². The van der Waals surface area contributed by atoms with Crippen LogP contribution in [0.2, 0.25) is 0 Å². The van der Waals surface area contributed by atoms with E-state index in [1.54, 1.807) is 0 Å². The van der Waals surface area contributed by atoms with Gasteiger partial charge in [0.25, 0.3) is 0 Å². The molecule has 0 radical (unpaired) electrons. The van der Waals surface area contributed by atoms with Crippen LogP contribution in [0.3, 0.4) is 0 Å². The third kappa shape index (κ3) is 2.18. The van der Waals surface area contributed by atoms with Gasteiger partial charge >= 0.3 is 0 Å². The number of rotatable bonds is 3. The Bertz CT molecular complexity index is 416. The van der Waals surface area contributed by atoms with Gasteiger partial charge in [0.2, 0.25) is 0 Å². The lowest BCUT2D eigenvalue weighted by Crippen LogP contribution is -2.29. The highest BCUT2D eigenvalue weighted by molar-refractivity contribution is 5.44. The van der Waals surface area contributed by atoms with Crippen LogP contribution in [0.1, 0.15) is 24.4 Å². The Kier molecular flexibility index (Phi) is 3.39. The van der Waals surface area contributed by atoms with Gasteiger partial charge in [-0.25, -0.2) is 0 Å². The van der Waals surface area contributed by atoms with Crippen molar-refractivity contribution < 1.29 is 14.2 Å². The van der Waals surface area contributed by atoms with Crippen LogP contribution in [0.15, 0.2) is 18.2 Å². The van der Waals surface area contributed by atoms with Gasteiger partial charge in [-0.15, -0.1) is 0 Å². The molecular weight excluding hydrogens is 230 g/mol. The van der Waals surface area contributed by atoms with Gasteiger partial charge in [-0.05, 0) is 37.6 Å². The summed E-state index contributed by atoms with van der Waals surface area (Å²) in [7, 11) is 1.98. The molecule has 0 aliphatic carbocycles. The zero-order chi connectivity index (χ0) is 12.4. The van der Waals surface area contributed by atoms with E-state index in [1.807, 2.05) is 13.1 Å². The minimum atomic E-state index is 0.225. The number of ether oxygens (including phenoxy) is 3. The Labute approximate surface area is 107 Å². The van der Waals surface area contributed by atoms with Crippen molar-refractivity contribution in [3.05, 3.63) is 23.8 Å². The maximum Gasteiger partial charge on any atom is 0.161 e. The van der Waals surface area contributed by atoms with Crippen molar-refractivity contribution in [2.45, 2.75) is 25.0 Å². The van der Waals surface area contributed by atoms with E-state index in [4.69, 9.17) is 14.2 Å². The SMILES string of the molecule is CNC(c1ccc2c(c1)OCCO2)C1CCCO1. The zero-order valence-electron chi connectivity index (χ0n) is 10.6. The van der Waals surface area contributed by atoms with E-state index in [9.17, 15) is 0 Å². The number of fused-ring (bicyclic) bond motifs is 1. The lowest BCUT2D eigenvalue weighted by molar-refractivity contribution is 0.0805. The van der Waals surface area contributed by atoms with Gasteiger partial charge in [-0.3, -0.25) is 0 Å². The summed E-state index contributed by atoms with van der Waals surface area (Å²) < 4.78 is 16.9. The van der Waals surface area contributed by atoms with Crippen molar-refractivity contribution in [2.24, 2.45) is 0 Å². The van der Waals surface area contributed by atoms with E-state index in [0.717, 1.165) is 30.9 Å². The molecule has 1 saturated heterocycles. The molecule has 98 valence electrons. The first-order valence-electron chi connectivity index (χ1n) is 6.57. The number of hydrogen-bond acceptors (Lipinski definition) is 4. The summed E-state index contributed by atoms with van der Waals surface area (Å²) in [6, 6.07) is 6.37. The summed E-state index contributed by atoms with van der Waals surface area (Å²) in [5.41, 5.74) is 1.20. The summed E-state index contributed by atoms with van der Waals surface area (Å²) in [5, 5.41) is 3.35. The Morgan fingerprint density at radius 2 is 2.00 bits per heavy atom. The van der Waals surface area contributed by atoms with E-state index in [2.05, 4.69) is 17.4 Å². The van der Waals surface area contributed by atoms with Crippen LogP contribution < -0.4 is 14.8 Å². The Balaban J connectivity index is 1.85. The Morgan fingerprint density at radius 3 is 2.72 bits per heavy atom. The molecule has 2 aliphatic heterocycles. The molecule has 0 bridgehead atoms. The maximum absolute atomic E-state index is 5.77. The van der Waals surface area contributed by atoms with Crippen molar-refractivity contribution in [1.82, 2.24) is 5.32 Å². The lowest BCUT2D eigenvalue weighted by atomic mass is 9.99. The second kappa shape index (κ2) is 5.16. The number of hydrogen-bond donors (Lipinski definition) is 1. The van der Waals surface area contributed by atoms with Crippen LogP contribution in [-0.4, -0.2) is 33.0 Å². The van der Waals surface area contributed by atoms with Crippen LogP contribution in [0, 0.1) is 0 Å². The number of benzene rings is 1. The van der Waals surface area contributed by atoms with Crippen molar-refractivity contribution in [1.29, 1.82) is 0 Å². The molecule has 1 aromatic carbocycles. The molecule has 1 fully saturated rings. The molecular formula is C14H19NO3. The second-order valence-electron chi connectivity index (χ2n) is 4.72. The highest BCUT2D eigenvalue weighted by Crippen LogP contribution is 2.35. The summed E-state index contributed by atoms with van der Waals surface area (Å²) >= 11 is 0. The molecule has 18 heavy (non-hydrogen) atoms. The molecule has 0 saturated carbocycles. The lowest BCUT2D eigenvalue weighted by Gasteiger charge is -2.25. The fourth-order valence-corrected chi connectivity index (χ4v) is 2.69. The van der Waals surface area contributed by atoms with Crippen molar-refractivity contribution in [3.63, 3.8) is 0 Å². The van der Waals surface area contributed by atoms with Gasteiger partial charge in [0.1, 0.15) is 13.2 Å². The van der Waals surface area contributed by atoms with E-state index in [0.29, 0.717) is 13.2 Å². The largest absolute Gasteiger partial charge is 0.486 e. The standard InChI is InChI=1S/C14H19NO3/c1-15-14(12-3-2-6-16-12)10-4-5-11-13(9-10)18-8-7-17-11/h4-5,9,12,14-15H,2-3,6-8H2,1H3. The van der Waals surface area contributed by atoms with Crippen LogP contribution in [-0.2, 0) is 4.74 Å². The number of likely N-dealkylation sites (N-methyl/N-ethyl adjacent to an activating group) is 1. The highest BCUT2D eigenvalue weighted by Gasteiger charge is 2.27. The fourth-order valence-electron chi connectivity index (χ4n) is 2.69. The monoisotopic (exact) mass is 249 g/mol. The van der Waals surface area contributed by atoms with Gasteiger partial charge < -0.3 is 19.5 Å². The molecule has 1 aromatic rings. The van der Waals surface area contributed by atoms with Crippen LogP contribution in [0.4, 0.5) is 0 Å². The predicted molar refractivity (Wildman–Crippen MR) is 68.2 cm³/mol. The molecule has 2 unspecified atom stereocenters. The van der Waals surface area contributed by atoms with Gasteiger partial charge in [-0.2, -0.15) is 0 Å². The van der Waals surface area contributed by atoms with Crippen LogP contribution in [0.5, 0.6) is 11.5 Å². The first-order valence-corrected chi connectivity index (χ1v) is 6.57. The minimum absolute atomic E-state index is 0.225. The zero-order valence-corrected chi connectivity index (χ0v) is 10.6. The smallest absolute Gasteiger partial charge is 0.161 e. The van der Waals surface area contributed by atoms with Crippen molar-refractivity contribution >= 4 is 0 Å². The molecule has 2 aliphatic rings. The molecule has 4 heteroatoms. The number of nitrogens with one attached hydrogen (secondary N) is 1. The molecule has 0 spiro atoms. The van der Waals surface area contributed by atoms with Crippen LogP contribution in [0.25, 0.3) is 0 Å². The normalized spacial score (nSPS) is 23.9. The molecule has 1 N–H and O–H groups in total. The van der Waals surface area contributed by atoms with E-state index in [-0.39, 0.29) is 12.1 Å². The van der Waals surface area contributed by atoms with Crippen molar-refractivity contribution in [3.8, 4) is 11.5 Å². The fraction of sp³-hybridized carbons (Fsp3) is 0.571. The van der Waals surface area contributed by atoms with Gasteiger partial charge in [0.05, 0.1) is 12.1 Å². The summed E-state index contributed by atoms with van der Waals surface area (Å²) in [5.74, 6) is 1.68. The average Bonchev–Trinajstić information content (AvgIpc) is 2.93. The van der Waals surface area contributed by atoms with E-state index >= 15 is 0 Å². The summed E-state index contributed by atoms with van der Waals surface area (Å²) in [6.45, 7) is 2.13. The van der Waals surface area contributed by atoms with Crippen molar-refractivity contribution in [2.75, 3.05) is 26.9 Å². The first kappa shape index (κ1) is 11.8. The average molecular weight is 249 g/mol. The van der Waals surface area contributed by atoms with Gasteiger partial charge in [0.15, 0.2) is 11.5 Å². The molecule has 0 amide bonds. The topological polar surface area (TPSA) is 39.7 Å². The maximum atomic E-state index is 5.77. The Hall–Kier alpha value is -1.26. The predicted octanol–water partition coefficient (Wildman–Crippen LogP) is 1.90. The summed E-state index contributed by atoms with van der Waals surface area (Å²) in [4.78, 5) is 0. The van der Waals surface area contributed by atoms with Gasteiger partial charge in [0, 0.05) is 6.61 Å². The molecule has 2 heterocycles. The molecule has 2 atom stereocenters. The molecule has 4 nitrogen and oxygen atoms in total. The highest BCUT2D eigenvalue weighted by atomic mass is 16.6. The molecule has 3 rings (SSSR count). The quantitative estimate of drug-likeness (QED) is 0.888. The molecule has 0 aromatic heterocycles. The Morgan fingerprint density at radius 1 is 1.17 bits per heavy atom. The second-order valence-corrected chi connectivity index (χ2v) is 4.72. The third-order valence-corrected chi connectivity index (χ3v) is 3.57. The summed E-state index contributed by atoms with van der Waals surface area (Å²) in [6.07, 6.45) is 2.52. The minimum Gasteiger partial charge on any atom is -0.486 e. The third-order valence-electron chi connectivity index (χ3n) is 3.57.